The normalized spacial score (nSPS) is 11.3. The Morgan fingerprint density at radius 2 is 2.07 bits per heavy atom. The number of rotatable bonds is 2. The van der Waals surface area contributed by atoms with Crippen molar-refractivity contribution in [2.45, 2.75) is 26.8 Å². The molecule has 1 heterocycles. The lowest BCUT2D eigenvalue weighted by atomic mass is 10.2. The molecule has 0 saturated carbocycles. The molecule has 0 saturated heterocycles. The second-order valence-corrected chi connectivity index (χ2v) is 3.98. The van der Waals surface area contributed by atoms with Gasteiger partial charge in [-0.1, -0.05) is 12.1 Å². The van der Waals surface area contributed by atoms with Crippen LogP contribution in [0.25, 0.3) is 10.9 Å². The van der Waals surface area contributed by atoms with Crippen molar-refractivity contribution in [1.29, 1.82) is 0 Å². The van der Waals surface area contributed by atoms with Crippen molar-refractivity contribution in [3.8, 4) is 5.75 Å². The van der Waals surface area contributed by atoms with Crippen molar-refractivity contribution < 1.29 is 4.74 Å². The number of aromatic nitrogens is 2. The summed E-state index contributed by atoms with van der Waals surface area (Å²) in [5.41, 5.74) is 2.14. The Labute approximate surface area is 89.7 Å². The highest BCUT2D eigenvalue weighted by molar-refractivity contribution is 5.86. The SMILES string of the molecule is COc1cccc2c(C)n(C(C)C)nc12. The van der Waals surface area contributed by atoms with Crippen LogP contribution in [0.5, 0.6) is 5.75 Å². The van der Waals surface area contributed by atoms with Gasteiger partial charge in [-0.15, -0.1) is 0 Å². The van der Waals surface area contributed by atoms with E-state index in [0.29, 0.717) is 6.04 Å². The Balaban J connectivity index is 2.75. The lowest BCUT2D eigenvalue weighted by Crippen LogP contribution is -2.04. The molecule has 2 aromatic rings. The standard InChI is InChI=1S/C12H16N2O/c1-8(2)14-9(3)10-6-5-7-11(15-4)12(10)13-14/h5-8H,1-4H3. The van der Waals surface area contributed by atoms with Gasteiger partial charge in [0.1, 0.15) is 11.3 Å². The zero-order valence-corrected chi connectivity index (χ0v) is 9.61. The van der Waals surface area contributed by atoms with E-state index in [1.165, 1.54) is 11.1 Å². The van der Waals surface area contributed by atoms with Crippen LogP contribution in [0.2, 0.25) is 0 Å². The minimum Gasteiger partial charge on any atom is -0.494 e. The van der Waals surface area contributed by atoms with Crippen LogP contribution in [0.15, 0.2) is 18.2 Å². The van der Waals surface area contributed by atoms with Crippen molar-refractivity contribution in [3.05, 3.63) is 23.9 Å². The molecule has 0 aliphatic heterocycles. The quantitative estimate of drug-likeness (QED) is 0.752. The minimum atomic E-state index is 0.377. The highest BCUT2D eigenvalue weighted by atomic mass is 16.5. The summed E-state index contributed by atoms with van der Waals surface area (Å²) in [7, 11) is 1.68. The van der Waals surface area contributed by atoms with Gasteiger partial charge in [0.15, 0.2) is 0 Å². The van der Waals surface area contributed by atoms with E-state index < -0.39 is 0 Å². The molecule has 2 rings (SSSR count). The van der Waals surface area contributed by atoms with E-state index in [1.54, 1.807) is 7.11 Å². The summed E-state index contributed by atoms with van der Waals surface area (Å²) in [5.74, 6) is 0.843. The molecular weight excluding hydrogens is 188 g/mol. The van der Waals surface area contributed by atoms with Gasteiger partial charge in [0, 0.05) is 17.1 Å². The summed E-state index contributed by atoms with van der Waals surface area (Å²) in [4.78, 5) is 0. The molecule has 0 radical (unpaired) electrons. The lowest BCUT2D eigenvalue weighted by Gasteiger charge is -2.06. The van der Waals surface area contributed by atoms with Crippen molar-refractivity contribution in [2.75, 3.05) is 7.11 Å². The van der Waals surface area contributed by atoms with Crippen LogP contribution >= 0.6 is 0 Å². The zero-order chi connectivity index (χ0) is 11.0. The van der Waals surface area contributed by atoms with Gasteiger partial charge in [-0.25, -0.2) is 0 Å². The predicted octanol–water partition coefficient (Wildman–Crippen LogP) is 2.93. The molecular formula is C12H16N2O. The Hall–Kier alpha value is -1.51. The van der Waals surface area contributed by atoms with Crippen LogP contribution in [-0.4, -0.2) is 16.9 Å². The average molecular weight is 204 g/mol. The molecule has 0 amide bonds. The van der Waals surface area contributed by atoms with Gasteiger partial charge in [-0.3, -0.25) is 4.68 Å². The van der Waals surface area contributed by atoms with Crippen molar-refractivity contribution in [1.82, 2.24) is 9.78 Å². The van der Waals surface area contributed by atoms with E-state index in [-0.39, 0.29) is 0 Å². The van der Waals surface area contributed by atoms with Crippen LogP contribution in [0.4, 0.5) is 0 Å². The highest BCUT2D eigenvalue weighted by Gasteiger charge is 2.12. The topological polar surface area (TPSA) is 27.1 Å². The van der Waals surface area contributed by atoms with Crippen LogP contribution in [0.1, 0.15) is 25.6 Å². The Morgan fingerprint density at radius 3 is 2.67 bits per heavy atom. The second-order valence-electron chi connectivity index (χ2n) is 3.98. The first kappa shape index (κ1) is 10.0. The maximum atomic E-state index is 5.30. The summed E-state index contributed by atoms with van der Waals surface area (Å²) >= 11 is 0. The van der Waals surface area contributed by atoms with E-state index in [9.17, 15) is 0 Å². The monoisotopic (exact) mass is 204 g/mol. The Bertz CT molecular complexity index is 486. The molecule has 15 heavy (non-hydrogen) atoms. The summed E-state index contributed by atoms with van der Waals surface area (Å²) in [6.45, 7) is 6.35. The van der Waals surface area contributed by atoms with Gasteiger partial charge in [0.25, 0.3) is 0 Å². The third-order valence-electron chi connectivity index (χ3n) is 2.65. The number of hydrogen-bond donors (Lipinski definition) is 0. The maximum Gasteiger partial charge on any atom is 0.146 e. The molecule has 0 spiro atoms. The number of hydrogen-bond acceptors (Lipinski definition) is 2. The second kappa shape index (κ2) is 3.57. The fourth-order valence-electron chi connectivity index (χ4n) is 1.89. The number of aryl methyl sites for hydroxylation is 1. The molecule has 0 aliphatic rings. The fourth-order valence-corrected chi connectivity index (χ4v) is 1.89. The van der Waals surface area contributed by atoms with Crippen LogP contribution in [0, 0.1) is 6.92 Å². The molecule has 1 aromatic heterocycles. The molecule has 0 aliphatic carbocycles. The summed E-state index contributed by atoms with van der Waals surface area (Å²) < 4.78 is 7.33. The number of fused-ring (bicyclic) bond motifs is 1. The van der Waals surface area contributed by atoms with E-state index >= 15 is 0 Å². The molecule has 1 aromatic carbocycles. The first-order chi connectivity index (χ1) is 7.15. The van der Waals surface area contributed by atoms with E-state index in [2.05, 4.69) is 31.9 Å². The van der Waals surface area contributed by atoms with Crippen molar-refractivity contribution >= 4 is 10.9 Å². The first-order valence-corrected chi connectivity index (χ1v) is 5.17. The van der Waals surface area contributed by atoms with Crippen molar-refractivity contribution in [2.24, 2.45) is 0 Å². The Kier molecular flexibility index (Phi) is 2.39. The van der Waals surface area contributed by atoms with Crippen LogP contribution < -0.4 is 4.74 Å². The Morgan fingerprint density at radius 1 is 1.33 bits per heavy atom. The van der Waals surface area contributed by atoms with Gasteiger partial charge in [-0.2, -0.15) is 5.10 Å². The van der Waals surface area contributed by atoms with Crippen molar-refractivity contribution in [3.63, 3.8) is 0 Å². The van der Waals surface area contributed by atoms with E-state index in [1.807, 2.05) is 16.8 Å². The first-order valence-electron chi connectivity index (χ1n) is 5.17. The molecule has 0 atom stereocenters. The minimum absolute atomic E-state index is 0.377. The molecule has 0 bridgehead atoms. The fraction of sp³-hybridized carbons (Fsp3) is 0.417. The molecule has 0 fully saturated rings. The number of nitrogens with zero attached hydrogens (tertiary/aromatic N) is 2. The molecule has 0 unspecified atom stereocenters. The maximum absolute atomic E-state index is 5.30. The van der Waals surface area contributed by atoms with E-state index in [4.69, 9.17) is 4.74 Å². The predicted molar refractivity (Wildman–Crippen MR) is 61.4 cm³/mol. The summed E-state index contributed by atoms with van der Waals surface area (Å²) in [6.07, 6.45) is 0. The highest BCUT2D eigenvalue weighted by Crippen LogP contribution is 2.27. The van der Waals surface area contributed by atoms with E-state index in [0.717, 1.165) is 11.3 Å². The molecule has 3 nitrogen and oxygen atoms in total. The molecule has 80 valence electrons. The van der Waals surface area contributed by atoms with Gasteiger partial charge in [-0.05, 0) is 26.8 Å². The summed E-state index contributed by atoms with van der Waals surface area (Å²) in [5, 5.41) is 5.74. The molecule has 0 N–H and O–H groups in total. The largest absolute Gasteiger partial charge is 0.494 e. The van der Waals surface area contributed by atoms with Crippen LogP contribution in [-0.2, 0) is 0 Å². The lowest BCUT2D eigenvalue weighted by molar-refractivity contribution is 0.417. The van der Waals surface area contributed by atoms with Gasteiger partial charge < -0.3 is 4.74 Å². The van der Waals surface area contributed by atoms with Crippen LogP contribution in [0.3, 0.4) is 0 Å². The van der Waals surface area contributed by atoms with Gasteiger partial charge in [0.2, 0.25) is 0 Å². The summed E-state index contributed by atoms with van der Waals surface area (Å²) in [6, 6.07) is 6.40. The van der Waals surface area contributed by atoms with Gasteiger partial charge in [0.05, 0.1) is 7.11 Å². The molecule has 3 heteroatoms. The van der Waals surface area contributed by atoms with Gasteiger partial charge >= 0.3 is 0 Å². The number of ether oxygens (including phenoxy) is 1. The number of methoxy groups -OCH3 is 1. The average Bonchev–Trinajstić information content (AvgIpc) is 2.56. The zero-order valence-electron chi connectivity index (χ0n) is 9.61. The number of benzene rings is 1. The third-order valence-corrected chi connectivity index (χ3v) is 2.65. The third kappa shape index (κ3) is 1.48. The smallest absolute Gasteiger partial charge is 0.146 e.